The molecule has 22 heavy (non-hydrogen) atoms. The molecule has 0 saturated carbocycles. The van der Waals surface area contributed by atoms with Crippen molar-refractivity contribution in [2.75, 3.05) is 0 Å². The molecule has 1 N–H and O–H groups in total. The average molecular weight is 363 g/mol. The van der Waals surface area contributed by atoms with Crippen LogP contribution in [0.5, 0.6) is 0 Å². The van der Waals surface area contributed by atoms with E-state index in [9.17, 15) is 14.9 Å². The molecule has 0 bridgehead atoms. The van der Waals surface area contributed by atoms with Gasteiger partial charge in [-0.1, -0.05) is 12.1 Å². The van der Waals surface area contributed by atoms with Crippen molar-refractivity contribution in [2.24, 2.45) is 5.10 Å². The Labute approximate surface area is 134 Å². The predicted octanol–water partition coefficient (Wildman–Crippen LogP) is 2.91. The van der Waals surface area contributed by atoms with Crippen molar-refractivity contribution < 1.29 is 9.72 Å². The standard InChI is InChI=1S/C14H11BrN4O3/c1-9(10-3-2-4-13(6-10)19(21)22)17-18-14(20)11-5-12(15)8-16-7-11/h2-8H,1H3,(H,18,20). The molecule has 1 aromatic heterocycles. The summed E-state index contributed by atoms with van der Waals surface area (Å²) in [7, 11) is 0. The maximum Gasteiger partial charge on any atom is 0.272 e. The number of rotatable bonds is 4. The molecule has 2 rings (SSSR count). The molecule has 0 fully saturated rings. The topological polar surface area (TPSA) is 97.5 Å². The highest BCUT2D eigenvalue weighted by Crippen LogP contribution is 2.14. The van der Waals surface area contributed by atoms with Crippen LogP contribution in [0, 0.1) is 10.1 Å². The lowest BCUT2D eigenvalue weighted by molar-refractivity contribution is -0.384. The molecule has 0 unspecified atom stereocenters. The second-order valence-corrected chi connectivity index (χ2v) is 5.25. The number of carbonyl (C=O) groups excluding carboxylic acids is 1. The van der Waals surface area contributed by atoms with Gasteiger partial charge in [0.25, 0.3) is 11.6 Å². The third-order valence-electron chi connectivity index (χ3n) is 2.77. The van der Waals surface area contributed by atoms with E-state index in [0.29, 0.717) is 21.3 Å². The molecule has 0 aliphatic heterocycles. The number of hydrazone groups is 1. The van der Waals surface area contributed by atoms with E-state index in [4.69, 9.17) is 0 Å². The number of nitro groups is 1. The minimum absolute atomic E-state index is 0.0328. The van der Waals surface area contributed by atoms with Crippen LogP contribution in [0.4, 0.5) is 5.69 Å². The number of nitro benzene ring substituents is 1. The van der Waals surface area contributed by atoms with Crippen molar-refractivity contribution in [3.05, 3.63) is 68.4 Å². The highest BCUT2D eigenvalue weighted by molar-refractivity contribution is 9.10. The number of hydrogen-bond donors (Lipinski definition) is 1. The molecule has 0 saturated heterocycles. The molecule has 1 amide bonds. The number of aromatic nitrogens is 1. The summed E-state index contributed by atoms with van der Waals surface area (Å²) in [6, 6.07) is 7.64. The van der Waals surface area contributed by atoms with Gasteiger partial charge in [0.15, 0.2) is 0 Å². The lowest BCUT2D eigenvalue weighted by Gasteiger charge is -2.03. The second-order valence-electron chi connectivity index (χ2n) is 4.34. The van der Waals surface area contributed by atoms with Gasteiger partial charge in [-0.15, -0.1) is 0 Å². The number of benzene rings is 1. The van der Waals surface area contributed by atoms with Gasteiger partial charge in [0, 0.05) is 34.6 Å². The van der Waals surface area contributed by atoms with Crippen LogP contribution in [0.2, 0.25) is 0 Å². The zero-order valence-corrected chi connectivity index (χ0v) is 13.1. The number of amides is 1. The van der Waals surface area contributed by atoms with Crippen LogP contribution in [0.15, 0.2) is 52.3 Å². The van der Waals surface area contributed by atoms with Crippen molar-refractivity contribution in [2.45, 2.75) is 6.92 Å². The first-order valence-electron chi connectivity index (χ1n) is 6.17. The van der Waals surface area contributed by atoms with Crippen molar-refractivity contribution in [3.8, 4) is 0 Å². The Balaban J connectivity index is 2.14. The summed E-state index contributed by atoms with van der Waals surface area (Å²) in [4.78, 5) is 26.1. The molecular weight excluding hydrogens is 352 g/mol. The van der Waals surface area contributed by atoms with Crippen LogP contribution in [0.1, 0.15) is 22.8 Å². The first-order valence-corrected chi connectivity index (χ1v) is 6.96. The van der Waals surface area contributed by atoms with E-state index in [1.165, 1.54) is 18.3 Å². The molecule has 112 valence electrons. The van der Waals surface area contributed by atoms with E-state index in [0.717, 1.165) is 0 Å². The first kappa shape index (κ1) is 15.8. The molecule has 0 spiro atoms. The second kappa shape index (κ2) is 6.90. The fraction of sp³-hybridized carbons (Fsp3) is 0.0714. The zero-order chi connectivity index (χ0) is 16.1. The fourth-order valence-corrected chi connectivity index (χ4v) is 2.01. The van der Waals surface area contributed by atoms with Crippen molar-refractivity contribution in [1.82, 2.24) is 10.4 Å². The highest BCUT2D eigenvalue weighted by Gasteiger charge is 2.09. The van der Waals surface area contributed by atoms with E-state index in [1.54, 1.807) is 31.3 Å². The van der Waals surface area contributed by atoms with Crippen molar-refractivity contribution >= 4 is 33.2 Å². The largest absolute Gasteiger partial charge is 0.272 e. The van der Waals surface area contributed by atoms with Gasteiger partial charge in [-0.3, -0.25) is 19.9 Å². The summed E-state index contributed by atoms with van der Waals surface area (Å²) in [6.45, 7) is 1.65. The predicted molar refractivity (Wildman–Crippen MR) is 84.7 cm³/mol. The summed E-state index contributed by atoms with van der Waals surface area (Å²) in [5, 5.41) is 14.7. The number of pyridine rings is 1. The Morgan fingerprint density at radius 2 is 2.09 bits per heavy atom. The normalized spacial score (nSPS) is 11.1. The first-order chi connectivity index (χ1) is 10.5. The van der Waals surface area contributed by atoms with Crippen LogP contribution in [-0.4, -0.2) is 21.5 Å². The molecule has 0 aliphatic rings. The maximum atomic E-state index is 11.9. The van der Waals surface area contributed by atoms with Crippen LogP contribution in [0.25, 0.3) is 0 Å². The number of nitrogens with zero attached hydrogens (tertiary/aromatic N) is 3. The Kier molecular flexibility index (Phi) is 4.95. The minimum atomic E-state index is -0.484. The van der Waals surface area contributed by atoms with Gasteiger partial charge in [-0.05, 0) is 28.9 Å². The number of carbonyl (C=O) groups is 1. The third-order valence-corrected chi connectivity index (χ3v) is 3.20. The van der Waals surface area contributed by atoms with Gasteiger partial charge in [-0.25, -0.2) is 5.43 Å². The number of halogens is 1. The van der Waals surface area contributed by atoms with Gasteiger partial charge >= 0.3 is 0 Å². The van der Waals surface area contributed by atoms with Crippen LogP contribution in [0.3, 0.4) is 0 Å². The van der Waals surface area contributed by atoms with Gasteiger partial charge in [0.05, 0.1) is 16.2 Å². The van der Waals surface area contributed by atoms with E-state index in [2.05, 4.69) is 31.4 Å². The lowest BCUT2D eigenvalue weighted by atomic mass is 10.1. The Hall–Kier alpha value is -2.61. The molecule has 1 heterocycles. The minimum Gasteiger partial charge on any atom is -0.267 e. The summed E-state index contributed by atoms with van der Waals surface area (Å²) in [5.74, 6) is -0.418. The third kappa shape index (κ3) is 3.95. The molecule has 2 aromatic rings. The Morgan fingerprint density at radius 1 is 1.32 bits per heavy atom. The van der Waals surface area contributed by atoms with E-state index >= 15 is 0 Å². The Bertz CT molecular complexity index is 761. The van der Waals surface area contributed by atoms with E-state index in [-0.39, 0.29) is 5.69 Å². The summed E-state index contributed by atoms with van der Waals surface area (Å²) < 4.78 is 0.680. The average Bonchev–Trinajstić information content (AvgIpc) is 2.52. The van der Waals surface area contributed by atoms with E-state index < -0.39 is 10.8 Å². The summed E-state index contributed by atoms with van der Waals surface area (Å²) in [6.07, 6.45) is 2.98. The molecule has 8 heteroatoms. The van der Waals surface area contributed by atoms with Gasteiger partial charge in [-0.2, -0.15) is 5.10 Å². The van der Waals surface area contributed by atoms with Crippen LogP contribution < -0.4 is 5.43 Å². The number of non-ortho nitro benzene ring substituents is 1. The van der Waals surface area contributed by atoms with E-state index in [1.807, 2.05) is 0 Å². The van der Waals surface area contributed by atoms with Gasteiger partial charge in [0.1, 0.15) is 0 Å². The highest BCUT2D eigenvalue weighted by atomic mass is 79.9. The molecule has 0 atom stereocenters. The monoisotopic (exact) mass is 362 g/mol. The number of hydrogen-bond acceptors (Lipinski definition) is 5. The molecule has 1 aromatic carbocycles. The molecule has 7 nitrogen and oxygen atoms in total. The van der Waals surface area contributed by atoms with Crippen LogP contribution >= 0.6 is 15.9 Å². The molecular formula is C14H11BrN4O3. The van der Waals surface area contributed by atoms with Crippen LogP contribution in [-0.2, 0) is 0 Å². The van der Waals surface area contributed by atoms with Gasteiger partial charge < -0.3 is 0 Å². The van der Waals surface area contributed by atoms with Gasteiger partial charge in [0.2, 0.25) is 0 Å². The fourth-order valence-electron chi connectivity index (χ4n) is 1.64. The Morgan fingerprint density at radius 3 is 2.77 bits per heavy atom. The molecule has 0 aliphatic carbocycles. The molecule has 0 radical (unpaired) electrons. The zero-order valence-electron chi connectivity index (χ0n) is 11.5. The van der Waals surface area contributed by atoms with Crippen molar-refractivity contribution in [1.29, 1.82) is 0 Å². The summed E-state index contributed by atoms with van der Waals surface area (Å²) in [5.41, 5.74) is 3.73. The smallest absolute Gasteiger partial charge is 0.267 e. The van der Waals surface area contributed by atoms with Crippen molar-refractivity contribution in [3.63, 3.8) is 0 Å². The number of nitrogens with one attached hydrogen (secondary N) is 1. The quantitative estimate of drug-likeness (QED) is 0.513. The maximum absolute atomic E-state index is 11.9. The lowest BCUT2D eigenvalue weighted by Crippen LogP contribution is -2.19. The SMILES string of the molecule is CC(=NNC(=O)c1cncc(Br)c1)c1cccc([N+](=O)[O-])c1. The summed E-state index contributed by atoms with van der Waals surface area (Å²) >= 11 is 3.23.